The summed E-state index contributed by atoms with van der Waals surface area (Å²) < 4.78 is 0. The van der Waals surface area contributed by atoms with Gasteiger partial charge in [0.25, 0.3) is 0 Å². The first kappa shape index (κ1) is 19.4. The van der Waals surface area contributed by atoms with Crippen molar-refractivity contribution in [3.63, 3.8) is 0 Å². The smallest absolute Gasteiger partial charge is 0.134 e. The molecule has 4 rings (SSSR count). The van der Waals surface area contributed by atoms with E-state index in [1.165, 1.54) is 49.7 Å². The van der Waals surface area contributed by atoms with Gasteiger partial charge >= 0.3 is 0 Å². The normalized spacial score (nSPS) is 27.7. The van der Waals surface area contributed by atoms with E-state index in [0.717, 1.165) is 11.5 Å². The van der Waals surface area contributed by atoms with Gasteiger partial charge in [-0.25, -0.2) is 0 Å². The van der Waals surface area contributed by atoms with Crippen LogP contribution in [-0.2, 0) is 11.2 Å². The Hall–Kier alpha value is -1.93. The van der Waals surface area contributed by atoms with Crippen molar-refractivity contribution in [2.24, 2.45) is 5.92 Å². The van der Waals surface area contributed by atoms with Crippen LogP contribution in [0.2, 0.25) is 0 Å². The number of carbonyl (C=O) groups is 1. The molecule has 1 unspecified atom stereocenters. The maximum absolute atomic E-state index is 11.4. The van der Waals surface area contributed by atoms with Crippen molar-refractivity contribution in [2.45, 2.75) is 76.8 Å². The van der Waals surface area contributed by atoms with E-state index < -0.39 is 0 Å². The van der Waals surface area contributed by atoms with Crippen LogP contribution in [0, 0.1) is 5.92 Å². The Morgan fingerprint density at radius 3 is 2.89 bits per heavy atom. The zero-order chi connectivity index (χ0) is 19.5. The van der Waals surface area contributed by atoms with Crippen molar-refractivity contribution in [1.82, 2.24) is 5.32 Å². The minimum Gasteiger partial charge on any atom is -0.307 e. The lowest BCUT2D eigenvalue weighted by atomic mass is 9.79. The first-order valence-electron chi connectivity index (χ1n) is 11.0. The van der Waals surface area contributed by atoms with Crippen molar-refractivity contribution >= 4 is 5.78 Å². The molecule has 0 radical (unpaired) electrons. The quantitative estimate of drug-likeness (QED) is 0.695. The fourth-order valence-corrected chi connectivity index (χ4v) is 5.35. The number of carbonyl (C=O) groups excluding carboxylic acids is 1. The molecule has 148 valence electrons. The number of fused-ring (bicyclic) bond motifs is 1. The number of Topliss-reactive ketones (excluding diaryl/α,β-unsaturated/α-hetero) is 1. The highest BCUT2D eigenvalue weighted by molar-refractivity contribution is 5.78. The van der Waals surface area contributed by atoms with Crippen LogP contribution < -0.4 is 5.32 Å². The van der Waals surface area contributed by atoms with Crippen LogP contribution in [0.3, 0.4) is 0 Å². The molecule has 2 nitrogen and oxygen atoms in total. The Bertz CT molecular complexity index is 815. The first-order valence-corrected chi connectivity index (χ1v) is 11.0. The zero-order valence-corrected chi connectivity index (χ0v) is 17.3. The number of nitrogens with one attached hydrogen (secondary N) is 1. The minimum atomic E-state index is 0.238. The fraction of sp³-hybridized carbons (Fsp3) is 0.500. The second-order valence-corrected chi connectivity index (χ2v) is 8.94. The number of benzene rings is 1. The number of hydrogen-bond donors (Lipinski definition) is 1. The molecule has 1 fully saturated rings. The van der Waals surface area contributed by atoms with Crippen LogP contribution in [0.15, 0.2) is 59.7 Å². The van der Waals surface area contributed by atoms with Gasteiger partial charge in [0.2, 0.25) is 0 Å². The van der Waals surface area contributed by atoms with Crippen molar-refractivity contribution < 1.29 is 4.79 Å². The van der Waals surface area contributed by atoms with Gasteiger partial charge in [-0.1, -0.05) is 48.6 Å². The third-order valence-corrected chi connectivity index (χ3v) is 6.73. The van der Waals surface area contributed by atoms with Crippen molar-refractivity contribution in [3.05, 3.63) is 70.8 Å². The van der Waals surface area contributed by atoms with E-state index in [0.29, 0.717) is 24.4 Å². The molecule has 1 aromatic carbocycles. The molecule has 28 heavy (non-hydrogen) atoms. The number of rotatable bonds is 6. The molecule has 0 spiro atoms. The summed E-state index contributed by atoms with van der Waals surface area (Å²) in [7, 11) is 0. The molecule has 0 aliphatic heterocycles. The summed E-state index contributed by atoms with van der Waals surface area (Å²) in [5.41, 5.74) is 5.63. The Kier molecular flexibility index (Phi) is 5.96. The molecule has 1 N–H and O–H groups in total. The Morgan fingerprint density at radius 1 is 1.14 bits per heavy atom. The summed E-state index contributed by atoms with van der Waals surface area (Å²) in [6.45, 7) is 4.00. The van der Waals surface area contributed by atoms with Gasteiger partial charge in [0.15, 0.2) is 0 Å². The lowest BCUT2D eigenvalue weighted by molar-refractivity contribution is -0.116. The van der Waals surface area contributed by atoms with Gasteiger partial charge in [0.05, 0.1) is 0 Å². The van der Waals surface area contributed by atoms with Crippen molar-refractivity contribution in [3.8, 4) is 0 Å². The predicted molar refractivity (Wildman–Crippen MR) is 116 cm³/mol. The second-order valence-electron chi connectivity index (χ2n) is 8.94. The van der Waals surface area contributed by atoms with E-state index in [1.807, 2.05) is 0 Å². The standard InChI is InChI=1S/C26H33NO/c1-18(28)15-20-7-5-10-22(16-20)23-13-14-24(17-23)27-19(2)25-12-6-9-21-8-3-4-11-26(21)25/h4-7,10-12,16,19,21,23-24,27H,3,8-9,13-15,17H2,1-2H3/t19-,21?,23-,24+/m1/s1. The molecule has 4 atom stereocenters. The SMILES string of the molecule is CC(=O)Cc1cccc([C@@H]2CC[C@H](N[C@H](C)C3=C4C=CCCC4CC=C3)C2)c1. The largest absolute Gasteiger partial charge is 0.307 e. The molecular formula is C26H33NO. The van der Waals surface area contributed by atoms with Crippen LogP contribution >= 0.6 is 0 Å². The van der Waals surface area contributed by atoms with Gasteiger partial charge < -0.3 is 5.32 Å². The molecule has 0 amide bonds. The lowest BCUT2D eigenvalue weighted by Crippen LogP contribution is -2.37. The molecule has 0 bridgehead atoms. The van der Waals surface area contributed by atoms with Crippen LogP contribution in [-0.4, -0.2) is 17.9 Å². The van der Waals surface area contributed by atoms with Crippen LogP contribution in [0.1, 0.15) is 69.4 Å². The lowest BCUT2D eigenvalue weighted by Gasteiger charge is -2.30. The number of hydrogen-bond acceptors (Lipinski definition) is 2. The molecule has 0 saturated heterocycles. The highest BCUT2D eigenvalue weighted by Crippen LogP contribution is 2.37. The van der Waals surface area contributed by atoms with E-state index in [9.17, 15) is 4.79 Å². The van der Waals surface area contributed by atoms with E-state index in [2.05, 4.69) is 60.8 Å². The summed E-state index contributed by atoms with van der Waals surface area (Å²) in [6, 6.07) is 9.67. The molecular weight excluding hydrogens is 342 g/mol. The predicted octanol–water partition coefficient (Wildman–Crippen LogP) is 5.66. The summed E-state index contributed by atoms with van der Waals surface area (Å²) in [4.78, 5) is 11.4. The molecule has 0 aromatic heterocycles. The summed E-state index contributed by atoms with van der Waals surface area (Å²) in [6.07, 6.45) is 17.4. The van der Waals surface area contributed by atoms with E-state index in [4.69, 9.17) is 0 Å². The van der Waals surface area contributed by atoms with Gasteiger partial charge in [-0.05, 0) is 86.5 Å². The molecule has 3 aliphatic rings. The van der Waals surface area contributed by atoms with E-state index in [1.54, 1.807) is 12.5 Å². The third kappa shape index (κ3) is 4.38. The Labute approximate surface area is 169 Å². The topological polar surface area (TPSA) is 29.1 Å². The summed E-state index contributed by atoms with van der Waals surface area (Å²) in [5.74, 6) is 1.58. The van der Waals surface area contributed by atoms with Gasteiger partial charge in [0.1, 0.15) is 5.78 Å². The maximum Gasteiger partial charge on any atom is 0.134 e. The van der Waals surface area contributed by atoms with Crippen LogP contribution in [0.5, 0.6) is 0 Å². The van der Waals surface area contributed by atoms with Crippen molar-refractivity contribution in [2.75, 3.05) is 0 Å². The second kappa shape index (κ2) is 8.61. The van der Waals surface area contributed by atoms with Crippen LogP contribution in [0.4, 0.5) is 0 Å². The van der Waals surface area contributed by atoms with Gasteiger partial charge in [0, 0.05) is 18.5 Å². The summed E-state index contributed by atoms with van der Waals surface area (Å²) in [5, 5.41) is 3.93. The van der Waals surface area contributed by atoms with Crippen molar-refractivity contribution in [1.29, 1.82) is 0 Å². The number of allylic oxidation sites excluding steroid dienone is 4. The van der Waals surface area contributed by atoms with E-state index in [-0.39, 0.29) is 5.78 Å². The third-order valence-electron chi connectivity index (χ3n) is 6.73. The highest BCUT2D eigenvalue weighted by atomic mass is 16.1. The molecule has 1 saturated carbocycles. The van der Waals surface area contributed by atoms with Crippen LogP contribution in [0.25, 0.3) is 0 Å². The molecule has 0 heterocycles. The minimum absolute atomic E-state index is 0.238. The van der Waals surface area contributed by atoms with Gasteiger partial charge in [-0.2, -0.15) is 0 Å². The zero-order valence-electron chi connectivity index (χ0n) is 17.3. The monoisotopic (exact) mass is 375 g/mol. The Morgan fingerprint density at radius 2 is 2.04 bits per heavy atom. The maximum atomic E-state index is 11.4. The van der Waals surface area contributed by atoms with Gasteiger partial charge in [-0.15, -0.1) is 0 Å². The molecule has 1 aromatic rings. The molecule has 3 aliphatic carbocycles. The van der Waals surface area contributed by atoms with E-state index >= 15 is 0 Å². The summed E-state index contributed by atoms with van der Waals surface area (Å²) >= 11 is 0. The average molecular weight is 376 g/mol. The average Bonchev–Trinajstić information content (AvgIpc) is 3.16. The molecule has 2 heteroatoms. The fourth-order valence-electron chi connectivity index (χ4n) is 5.35. The number of ketones is 1. The first-order chi connectivity index (χ1) is 13.6. The highest BCUT2D eigenvalue weighted by Gasteiger charge is 2.29. The van der Waals surface area contributed by atoms with Gasteiger partial charge in [-0.3, -0.25) is 4.79 Å². The Balaban J connectivity index is 1.40.